The smallest absolute Gasteiger partial charge is 0.241 e. The molecule has 1 N–H and O–H groups in total. The maximum Gasteiger partial charge on any atom is 0.241 e. The molecule has 2 saturated heterocycles. The molecule has 5 nitrogen and oxygen atoms in total. The lowest BCUT2D eigenvalue weighted by Gasteiger charge is -2.27. The number of rotatable bonds is 2. The summed E-state index contributed by atoms with van der Waals surface area (Å²) in [6.07, 6.45) is 3.47. The number of aliphatic hydroxyl groups excluding tert-OH is 1. The monoisotopic (exact) mass is 319 g/mol. The zero-order valence-electron chi connectivity index (χ0n) is 11.8. The van der Waals surface area contributed by atoms with Crippen LogP contribution in [-0.2, 0) is 14.3 Å². The second-order valence-corrected chi connectivity index (χ2v) is 6.56. The van der Waals surface area contributed by atoms with E-state index < -0.39 is 23.0 Å². The number of hydrogen-bond donors (Lipinski definition) is 1. The summed E-state index contributed by atoms with van der Waals surface area (Å²) in [6, 6.07) is 6.74. The van der Waals surface area contributed by atoms with Crippen LogP contribution in [0.2, 0.25) is 5.02 Å². The molecular formula is C16H14ClNO4. The van der Waals surface area contributed by atoms with E-state index in [0.29, 0.717) is 10.7 Å². The third-order valence-electron chi connectivity index (χ3n) is 4.90. The highest BCUT2D eigenvalue weighted by molar-refractivity contribution is 6.36. The zero-order valence-corrected chi connectivity index (χ0v) is 12.6. The summed E-state index contributed by atoms with van der Waals surface area (Å²) in [5.41, 5.74) is -1.59. The van der Waals surface area contributed by atoms with Gasteiger partial charge in [0, 0.05) is 0 Å². The summed E-state index contributed by atoms with van der Waals surface area (Å²) < 4.78 is 5.86. The van der Waals surface area contributed by atoms with Crippen LogP contribution in [0.1, 0.15) is 6.92 Å². The minimum atomic E-state index is -1.11. The fraction of sp³-hybridized carbons (Fsp3) is 0.375. The lowest BCUT2D eigenvalue weighted by Crippen LogP contribution is -2.43. The van der Waals surface area contributed by atoms with E-state index in [1.165, 1.54) is 0 Å². The summed E-state index contributed by atoms with van der Waals surface area (Å²) in [7, 11) is 0. The van der Waals surface area contributed by atoms with Gasteiger partial charge in [-0.3, -0.25) is 9.59 Å². The first-order chi connectivity index (χ1) is 10.4. The number of anilines is 1. The van der Waals surface area contributed by atoms with Gasteiger partial charge in [0.2, 0.25) is 11.8 Å². The highest BCUT2D eigenvalue weighted by Gasteiger charge is 2.72. The number of hydrogen-bond acceptors (Lipinski definition) is 4. The number of nitrogens with zero attached hydrogens (tertiary/aromatic N) is 1. The molecule has 4 rings (SSSR count). The normalized spacial score (nSPS) is 39.0. The highest BCUT2D eigenvalue weighted by atomic mass is 35.5. The number of amides is 2. The average molecular weight is 320 g/mol. The van der Waals surface area contributed by atoms with Gasteiger partial charge in [0.1, 0.15) is 5.60 Å². The minimum Gasteiger partial charge on any atom is -0.393 e. The van der Waals surface area contributed by atoms with Gasteiger partial charge in [-0.25, -0.2) is 4.90 Å². The number of halogens is 1. The van der Waals surface area contributed by atoms with Crippen LogP contribution in [0, 0.1) is 11.8 Å². The van der Waals surface area contributed by atoms with E-state index in [2.05, 4.69) is 0 Å². The van der Waals surface area contributed by atoms with Gasteiger partial charge < -0.3 is 9.84 Å². The van der Waals surface area contributed by atoms with Gasteiger partial charge in [0.05, 0.1) is 34.8 Å². The molecule has 0 unspecified atom stereocenters. The van der Waals surface area contributed by atoms with Gasteiger partial charge in [-0.2, -0.15) is 0 Å². The topological polar surface area (TPSA) is 66.8 Å². The van der Waals surface area contributed by atoms with Crippen LogP contribution in [0.4, 0.5) is 5.69 Å². The summed E-state index contributed by atoms with van der Waals surface area (Å²) in [5.74, 6) is -2.04. The Labute approximate surface area is 132 Å². The Morgan fingerprint density at radius 2 is 1.91 bits per heavy atom. The van der Waals surface area contributed by atoms with Gasteiger partial charge in [0.25, 0.3) is 0 Å². The first-order valence-corrected chi connectivity index (χ1v) is 7.45. The Balaban J connectivity index is 1.84. The Morgan fingerprint density at radius 1 is 1.23 bits per heavy atom. The van der Waals surface area contributed by atoms with Crippen molar-refractivity contribution in [2.24, 2.45) is 11.8 Å². The van der Waals surface area contributed by atoms with Crippen molar-refractivity contribution >= 4 is 29.1 Å². The molecular weight excluding hydrogens is 306 g/mol. The average Bonchev–Trinajstić information content (AvgIpc) is 3.07. The van der Waals surface area contributed by atoms with Crippen LogP contribution in [0.15, 0.2) is 36.4 Å². The standard InChI is InChI=1S/C16H14ClNO4/c1-15-6-7-16(8-19,22-15)12-11(15)13(20)18(14(12)21)10-5-3-2-4-9(10)17/h2-7,11-12,19H,8H2,1H3/t11-,12-,15+,16-/m1/s1. The van der Waals surface area contributed by atoms with E-state index in [4.69, 9.17) is 16.3 Å². The first kappa shape index (κ1) is 13.9. The molecule has 1 aromatic carbocycles. The number of carbonyl (C=O) groups excluding carboxylic acids is 2. The summed E-state index contributed by atoms with van der Waals surface area (Å²) in [5, 5.41) is 10.1. The van der Waals surface area contributed by atoms with Crippen molar-refractivity contribution in [3.63, 3.8) is 0 Å². The van der Waals surface area contributed by atoms with Crippen molar-refractivity contribution in [2.75, 3.05) is 11.5 Å². The minimum absolute atomic E-state index is 0.328. The summed E-state index contributed by atoms with van der Waals surface area (Å²) in [6.45, 7) is 1.43. The van der Waals surface area contributed by atoms with Crippen molar-refractivity contribution in [2.45, 2.75) is 18.1 Å². The van der Waals surface area contributed by atoms with Crippen LogP contribution >= 0.6 is 11.6 Å². The molecule has 1 aromatic rings. The number of carbonyl (C=O) groups is 2. The Morgan fingerprint density at radius 3 is 2.59 bits per heavy atom. The molecule has 0 spiro atoms. The zero-order chi connectivity index (χ0) is 15.7. The molecule has 2 bridgehead atoms. The maximum absolute atomic E-state index is 12.9. The van der Waals surface area contributed by atoms with Gasteiger partial charge >= 0.3 is 0 Å². The highest BCUT2D eigenvalue weighted by Crippen LogP contribution is 2.57. The molecule has 3 aliphatic rings. The number of imide groups is 1. The van der Waals surface area contributed by atoms with Crippen molar-refractivity contribution < 1.29 is 19.4 Å². The quantitative estimate of drug-likeness (QED) is 0.663. The van der Waals surface area contributed by atoms with Gasteiger partial charge in [-0.1, -0.05) is 35.9 Å². The fourth-order valence-electron chi connectivity index (χ4n) is 3.91. The number of ether oxygens (including phenoxy) is 1. The van der Waals surface area contributed by atoms with E-state index in [1.807, 2.05) is 0 Å². The number of benzene rings is 1. The summed E-state index contributed by atoms with van der Waals surface area (Å²) in [4.78, 5) is 26.9. The SMILES string of the molecule is C[C@@]12C=C[C@](CO)(O1)[C@H]1C(=O)N(c3ccccc3Cl)C(=O)[C@@H]12. The fourth-order valence-corrected chi connectivity index (χ4v) is 4.13. The van der Waals surface area contributed by atoms with Crippen molar-refractivity contribution in [3.8, 4) is 0 Å². The Kier molecular flexibility index (Phi) is 2.65. The summed E-state index contributed by atoms with van der Waals surface area (Å²) >= 11 is 6.14. The van der Waals surface area contributed by atoms with Crippen LogP contribution in [0.5, 0.6) is 0 Å². The Hall–Kier alpha value is -1.69. The molecule has 6 heteroatoms. The van der Waals surface area contributed by atoms with E-state index >= 15 is 0 Å². The molecule has 4 atom stereocenters. The van der Waals surface area contributed by atoms with Crippen LogP contribution in [-0.4, -0.2) is 34.7 Å². The number of para-hydroxylation sites is 1. The van der Waals surface area contributed by atoms with E-state index in [9.17, 15) is 14.7 Å². The molecule has 0 radical (unpaired) electrons. The molecule has 0 aliphatic carbocycles. The third-order valence-corrected chi connectivity index (χ3v) is 5.22. The lowest BCUT2D eigenvalue weighted by molar-refractivity contribution is -0.131. The molecule has 0 aromatic heterocycles. The van der Waals surface area contributed by atoms with Gasteiger partial charge in [0.15, 0.2) is 0 Å². The van der Waals surface area contributed by atoms with Crippen molar-refractivity contribution in [3.05, 3.63) is 41.4 Å². The van der Waals surface area contributed by atoms with Crippen LogP contribution in [0.3, 0.4) is 0 Å². The molecule has 3 heterocycles. The Bertz CT molecular complexity index is 733. The molecule has 0 saturated carbocycles. The second-order valence-electron chi connectivity index (χ2n) is 6.15. The molecule has 3 aliphatic heterocycles. The number of aliphatic hydroxyl groups is 1. The predicted molar refractivity (Wildman–Crippen MR) is 79.4 cm³/mol. The van der Waals surface area contributed by atoms with E-state index in [-0.39, 0.29) is 18.4 Å². The lowest BCUT2D eigenvalue weighted by atomic mass is 9.73. The second kappa shape index (κ2) is 4.19. The third kappa shape index (κ3) is 1.46. The van der Waals surface area contributed by atoms with Gasteiger partial charge in [-0.05, 0) is 19.1 Å². The van der Waals surface area contributed by atoms with E-state index in [0.717, 1.165) is 4.90 Å². The van der Waals surface area contributed by atoms with Crippen molar-refractivity contribution in [1.29, 1.82) is 0 Å². The first-order valence-electron chi connectivity index (χ1n) is 7.07. The maximum atomic E-state index is 12.9. The predicted octanol–water partition coefficient (Wildman–Crippen LogP) is 1.54. The van der Waals surface area contributed by atoms with Crippen molar-refractivity contribution in [1.82, 2.24) is 0 Å². The van der Waals surface area contributed by atoms with E-state index in [1.54, 1.807) is 43.3 Å². The van der Waals surface area contributed by atoms with Gasteiger partial charge in [-0.15, -0.1) is 0 Å². The number of fused-ring (bicyclic) bond motifs is 5. The molecule has 22 heavy (non-hydrogen) atoms. The molecule has 2 fully saturated rings. The largest absolute Gasteiger partial charge is 0.393 e. The van der Waals surface area contributed by atoms with Crippen LogP contribution < -0.4 is 4.90 Å². The molecule has 2 amide bonds. The molecule has 114 valence electrons. The van der Waals surface area contributed by atoms with Crippen LogP contribution in [0.25, 0.3) is 0 Å².